The van der Waals surface area contributed by atoms with Gasteiger partial charge in [-0.05, 0) is 18.8 Å². The van der Waals surface area contributed by atoms with Gasteiger partial charge in [0.25, 0.3) is 0 Å². The average molecular weight is 388 g/mol. The van der Waals surface area contributed by atoms with Gasteiger partial charge in [0.1, 0.15) is 0 Å². The van der Waals surface area contributed by atoms with Gasteiger partial charge in [-0.1, -0.05) is 25.5 Å². The molecule has 0 bridgehead atoms. The van der Waals surface area contributed by atoms with Crippen molar-refractivity contribution >= 4 is 29.2 Å². The first-order valence-electron chi connectivity index (χ1n) is 9.36. The molecular formula is C19H27F3N2OS. The summed E-state index contributed by atoms with van der Waals surface area (Å²) in [4.78, 5) is 4.74. The maximum absolute atomic E-state index is 12.9. The molecule has 1 aliphatic carbocycles. The number of alkyl halides is 3. The quantitative estimate of drug-likeness (QED) is 0.811. The van der Waals surface area contributed by atoms with Gasteiger partial charge < -0.3 is 10.0 Å². The van der Waals surface area contributed by atoms with Gasteiger partial charge in [0.2, 0.25) is 0 Å². The first-order valence-corrected chi connectivity index (χ1v) is 10.2. The van der Waals surface area contributed by atoms with Crippen molar-refractivity contribution in [3.8, 4) is 0 Å². The predicted octanol–water partition coefficient (Wildman–Crippen LogP) is 2.42. The first-order chi connectivity index (χ1) is 12.4. The summed E-state index contributed by atoms with van der Waals surface area (Å²) in [5, 5.41) is 12.1. The van der Waals surface area contributed by atoms with E-state index in [1.54, 1.807) is 6.08 Å². The van der Waals surface area contributed by atoms with Crippen LogP contribution in [0.15, 0.2) is 5.38 Å². The highest BCUT2D eigenvalue weighted by atomic mass is 32.1. The van der Waals surface area contributed by atoms with Crippen LogP contribution in [0.4, 0.5) is 18.9 Å². The zero-order chi connectivity index (χ0) is 18.7. The minimum atomic E-state index is -4.16. The summed E-state index contributed by atoms with van der Waals surface area (Å²) in [6, 6.07) is 0. The highest BCUT2D eigenvalue weighted by Gasteiger charge is 2.38. The maximum atomic E-state index is 12.9. The molecule has 3 rings (SSSR count). The van der Waals surface area contributed by atoms with E-state index in [2.05, 4.69) is 16.7 Å². The van der Waals surface area contributed by atoms with Crippen LogP contribution < -0.4 is 14.7 Å². The Morgan fingerprint density at radius 2 is 2.00 bits per heavy atom. The zero-order valence-electron chi connectivity index (χ0n) is 15.1. The van der Waals surface area contributed by atoms with Gasteiger partial charge >= 0.3 is 6.18 Å². The van der Waals surface area contributed by atoms with Crippen molar-refractivity contribution < 1.29 is 18.3 Å². The van der Waals surface area contributed by atoms with Crippen molar-refractivity contribution in [3.05, 3.63) is 15.1 Å². The number of hydrogen-bond acceptors (Lipinski definition) is 4. The Balaban J connectivity index is 1.64. The summed E-state index contributed by atoms with van der Waals surface area (Å²) in [5.74, 6) is -0.821. The number of anilines is 1. The van der Waals surface area contributed by atoms with Gasteiger partial charge in [0.05, 0.1) is 11.6 Å². The van der Waals surface area contributed by atoms with Crippen molar-refractivity contribution in [1.29, 1.82) is 0 Å². The standard InChI is InChI=1S/C19H27F3N2OS/c1-2-14(5-10-25)12-23-6-8-24(9-7-23)17-13-26-18-11-15(19(20,21)22)3-4-16(17)18/h4,11,13-15,25H,2-3,5-10,12H2,1H3/t14-,15?/m0/s1. The topological polar surface area (TPSA) is 26.7 Å². The number of piperazine rings is 1. The van der Waals surface area contributed by atoms with E-state index < -0.39 is 12.1 Å². The van der Waals surface area contributed by atoms with Crippen LogP contribution in [-0.4, -0.2) is 55.5 Å². The molecule has 7 heteroatoms. The molecule has 2 heterocycles. The van der Waals surface area contributed by atoms with E-state index in [1.165, 1.54) is 17.4 Å². The van der Waals surface area contributed by atoms with E-state index in [4.69, 9.17) is 5.11 Å². The van der Waals surface area contributed by atoms with Crippen molar-refractivity contribution in [3.63, 3.8) is 0 Å². The summed E-state index contributed by atoms with van der Waals surface area (Å²) >= 11 is 1.42. The molecule has 1 aromatic rings. The van der Waals surface area contributed by atoms with E-state index in [0.717, 1.165) is 61.0 Å². The Bertz CT molecular complexity index is 707. The van der Waals surface area contributed by atoms with Crippen LogP contribution in [0.3, 0.4) is 0 Å². The summed E-state index contributed by atoms with van der Waals surface area (Å²) in [6.45, 7) is 7.13. The smallest absolute Gasteiger partial charge is 0.395 e. The zero-order valence-corrected chi connectivity index (χ0v) is 16.0. The largest absolute Gasteiger partial charge is 0.396 e. The predicted molar refractivity (Wildman–Crippen MR) is 101 cm³/mol. The molecule has 146 valence electrons. The third-order valence-corrected chi connectivity index (χ3v) is 6.48. The lowest BCUT2D eigenvalue weighted by Crippen LogP contribution is -2.49. The SMILES string of the molecule is CC[C@@H](CCO)CN1CCN(c2csc3c2=CCC(C(F)(F)F)C=3)CC1. The molecule has 0 saturated carbocycles. The molecule has 1 fully saturated rings. The van der Waals surface area contributed by atoms with Gasteiger partial charge in [-0.2, -0.15) is 13.2 Å². The van der Waals surface area contributed by atoms with Crippen LogP contribution in [0, 0.1) is 11.8 Å². The summed E-state index contributed by atoms with van der Waals surface area (Å²) < 4.78 is 39.6. The first kappa shape index (κ1) is 19.7. The van der Waals surface area contributed by atoms with Crippen molar-refractivity contribution in [2.75, 3.05) is 44.2 Å². The monoisotopic (exact) mass is 388 g/mol. The van der Waals surface area contributed by atoms with Gasteiger partial charge in [-0.3, -0.25) is 4.90 Å². The van der Waals surface area contributed by atoms with Crippen LogP contribution in [-0.2, 0) is 0 Å². The number of rotatable bonds is 6. The third kappa shape index (κ3) is 4.43. The third-order valence-electron chi connectivity index (χ3n) is 5.53. The van der Waals surface area contributed by atoms with Crippen molar-refractivity contribution in [2.24, 2.45) is 11.8 Å². The Morgan fingerprint density at radius 1 is 1.27 bits per heavy atom. The van der Waals surface area contributed by atoms with Crippen LogP contribution >= 0.6 is 11.3 Å². The summed E-state index contributed by atoms with van der Waals surface area (Å²) in [6.07, 6.45) is 0.957. The van der Waals surface area contributed by atoms with Gasteiger partial charge in [-0.25, -0.2) is 0 Å². The molecule has 1 unspecified atom stereocenters. The lowest BCUT2D eigenvalue weighted by atomic mass is 9.99. The van der Waals surface area contributed by atoms with Crippen LogP contribution in [0.5, 0.6) is 0 Å². The second kappa shape index (κ2) is 8.31. The van der Waals surface area contributed by atoms with E-state index >= 15 is 0 Å². The molecule has 1 saturated heterocycles. The minimum Gasteiger partial charge on any atom is -0.396 e. The van der Waals surface area contributed by atoms with Crippen molar-refractivity contribution in [2.45, 2.75) is 32.4 Å². The van der Waals surface area contributed by atoms with Gasteiger partial charge in [0.15, 0.2) is 0 Å². The Hall–Kier alpha value is -1.05. The molecule has 1 aliphatic heterocycles. The van der Waals surface area contributed by atoms with Gasteiger partial charge in [-0.15, -0.1) is 11.3 Å². The molecule has 1 aromatic heterocycles. The molecule has 26 heavy (non-hydrogen) atoms. The minimum absolute atomic E-state index is 0.0412. The molecule has 0 amide bonds. The normalized spacial score (nSPS) is 22.5. The van der Waals surface area contributed by atoms with Crippen LogP contribution in [0.2, 0.25) is 0 Å². The molecule has 0 radical (unpaired) electrons. The van der Waals surface area contributed by atoms with E-state index in [-0.39, 0.29) is 13.0 Å². The molecule has 0 aromatic carbocycles. The number of aliphatic hydroxyl groups is 1. The fraction of sp³-hybridized carbons (Fsp3) is 0.684. The summed E-state index contributed by atoms with van der Waals surface area (Å²) in [7, 11) is 0. The maximum Gasteiger partial charge on any atom is 0.395 e. The molecular weight excluding hydrogens is 361 g/mol. The second-order valence-corrected chi connectivity index (χ2v) is 8.14. The fourth-order valence-corrected chi connectivity index (χ4v) is 4.89. The number of aliphatic hydroxyl groups excluding tert-OH is 1. The van der Waals surface area contributed by atoms with Crippen LogP contribution in [0.25, 0.3) is 12.2 Å². The highest BCUT2D eigenvalue weighted by molar-refractivity contribution is 7.08. The summed E-state index contributed by atoms with van der Waals surface area (Å²) in [5.41, 5.74) is 1.09. The number of hydrogen-bond donors (Lipinski definition) is 1. The van der Waals surface area contributed by atoms with Crippen LogP contribution in [0.1, 0.15) is 26.2 Å². The Morgan fingerprint density at radius 3 is 2.62 bits per heavy atom. The molecule has 0 spiro atoms. The van der Waals surface area contributed by atoms with E-state index in [0.29, 0.717) is 5.92 Å². The number of nitrogens with zero attached hydrogens (tertiary/aromatic N) is 2. The molecule has 3 nitrogen and oxygen atoms in total. The number of thiophene rings is 1. The average Bonchev–Trinajstić information content (AvgIpc) is 3.04. The Kier molecular flexibility index (Phi) is 6.30. The van der Waals surface area contributed by atoms with E-state index in [1.807, 2.05) is 5.38 Å². The van der Waals surface area contributed by atoms with E-state index in [9.17, 15) is 13.2 Å². The fourth-order valence-electron chi connectivity index (χ4n) is 3.82. The van der Waals surface area contributed by atoms with Gasteiger partial charge in [0, 0.05) is 54.5 Å². The molecule has 2 atom stereocenters. The lowest BCUT2D eigenvalue weighted by Gasteiger charge is -2.37. The Labute approximate surface area is 156 Å². The highest BCUT2D eigenvalue weighted by Crippen LogP contribution is 2.31. The number of fused-ring (bicyclic) bond motifs is 1. The number of halogens is 3. The second-order valence-electron chi connectivity index (χ2n) is 7.23. The lowest BCUT2D eigenvalue weighted by molar-refractivity contribution is -0.155. The molecule has 2 aliphatic rings. The van der Waals surface area contributed by atoms with Crippen molar-refractivity contribution in [1.82, 2.24) is 4.90 Å². The molecule has 1 N–H and O–H groups in total.